The molecule has 0 aliphatic heterocycles. The van der Waals surface area contributed by atoms with Crippen molar-refractivity contribution < 1.29 is 14.6 Å². The maximum Gasteiger partial charge on any atom is 0.104 e. The van der Waals surface area contributed by atoms with E-state index in [2.05, 4.69) is 11.8 Å². The molecule has 0 spiro atoms. The van der Waals surface area contributed by atoms with Crippen LogP contribution in [0, 0.1) is 11.8 Å². The first kappa shape index (κ1) is 14.5. The van der Waals surface area contributed by atoms with Gasteiger partial charge in [0.25, 0.3) is 0 Å². The highest BCUT2D eigenvalue weighted by Gasteiger charge is 2.22. The van der Waals surface area contributed by atoms with E-state index in [1.807, 2.05) is 12.1 Å². The topological polar surface area (TPSA) is 38.7 Å². The van der Waals surface area contributed by atoms with Gasteiger partial charge in [-0.05, 0) is 37.8 Å². The molecule has 1 fully saturated rings. The molecule has 2 atom stereocenters. The summed E-state index contributed by atoms with van der Waals surface area (Å²) in [6.07, 6.45) is 5.12. The van der Waals surface area contributed by atoms with Crippen molar-refractivity contribution in [3.8, 4) is 11.8 Å². The Kier molecular flexibility index (Phi) is 5.87. The van der Waals surface area contributed by atoms with E-state index < -0.39 is 0 Å². The van der Waals surface area contributed by atoms with E-state index in [0.29, 0.717) is 18.8 Å². The van der Waals surface area contributed by atoms with Gasteiger partial charge in [0.05, 0.1) is 23.7 Å². The molecule has 0 bridgehead atoms. The first-order valence-corrected chi connectivity index (χ1v) is 7.46. The normalized spacial score (nSPS) is 22.8. The number of hydrogen-bond acceptors (Lipinski definition) is 4. The minimum absolute atomic E-state index is 0.0930. The lowest BCUT2D eigenvalue weighted by Crippen LogP contribution is -2.27. The summed E-state index contributed by atoms with van der Waals surface area (Å²) in [4.78, 5) is 2.16. The van der Waals surface area contributed by atoms with Gasteiger partial charge < -0.3 is 14.6 Å². The molecule has 3 nitrogen and oxygen atoms in total. The Morgan fingerprint density at radius 3 is 3.00 bits per heavy atom. The van der Waals surface area contributed by atoms with Gasteiger partial charge in [-0.25, -0.2) is 0 Å². The average Bonchev–Trinajstić information content (AvgIpc) is 2.91. The second-order valence-corrected chi connectivity index (χ2v) is 5.85. The molecular weight excluding hydrogens is 260 g/mol. The summed E-state index contributed by atoms with van der Waals surface area (Å²) in [6, 6.07) is 4.02. The zero-order valence-corrected chi connectivity index (χ0v) is 12.0. The highest BCUT2D eigenvalue weighted by Crippen LogP contribution is 2.25. The Morgan fingerprint density at radius 1 is 1.37 bits per heavy atom. The second-order valence-electron chi connectivity index (χ2n) is 4.68. The Bertz CT molecular complexity index is 444. The highest BCUT2D eigenvalue weighted by molar-refractivity contribution is 7.12. The predicted octanol–water partition coefficient (Wildman–Crippen LogP) is 2.57. The van der Waals surface area contributed by atoms with E-state index in [9.17, 15) is 0 Å². The molecule has 0 amide bonds. The fourth-order valence-electron chi connectivity index (χ4n) is 2.32. The number of hydrogen-bond donors (Lipinski definition) is 1. The van der Waals surface area contributed by atoms with Crippen molar-refractivity contribution in [1.82, 2.24) is 0 Å². The smallest absolute Gasteiger partial charge is 0.104 e. The number of rotatable bonds is 4. The third kappa shape index (κ3) is 4.63. The van der Waals surface area contributed by atoms with Crippen LogP contribution >= 0.6 is 11.3 Å². The van der Waals surface area contributed by atoms with Gasteiger partial charge in [-0.3, -0.25) is 0 Å². The lowest BCUT2D eigenvalue weighted by atomic mass is 9.95. The van der Waals surface area contributed by atoms with Crippen molar-refractivity contribution in [2.45, 2.75) is 44.5 Å². The van der Waals surface area contributed by atoms with Crippen LogP contribution in [0.3, 0.4) is 0 Å². The zero-order chi connectivity index (χ0) is 13.5. The van der Waals surface area contributed by atoms with E-state index in [1.165, 1.54) is 11.3 Å². The molecular formula is C15H20O3S. The lowest BCUT2D eigenvalue weighted by molar-refractivity contribution is -0.0356. The molecule has 0 saturated heterocycles. The Hall–Kier alpha value is -0.860. The summed E-state index contributed by atoms with van der Waals surface area (Å²) < 4.78 is 11.4. The maximum atomic E-state index is 8.65. The van der Waals surface area contributed by atoms with E-state index in [1.54, 1.807) is 18.4 Å². The highest BCUT2D eigenvalue weighted by atomic mass is 32.1. The molecule has 1 heterocycles. The van der Waals surface area contributed by atoms with Crippen molar-refractivity contribution in [3.63, 3.8) is 0 Å². The molecule has 19 heavy (non-hydrogen) atoms. The van der Waals surface area contributed by atoms with Crippen LogP contribution in [-0.4, -0.2) is 31.0 Å². The van der Waals surface area contributed by atoms with Gasteiger partial charge in [-0.1, -0.05) is 11.8 Å². The van der Waals surface area contributed by atoms with Crippen LogP contribution < -0.4 is 0 Å². The van der Waals surface area contributed by atoms with Gasteiger partial charge in [0.15, 0.2) is 0 Å². The number of ether oxygens (including phenoxy) is 2. The van der Waals surface area contributed by atoms with Gasteiger partial charge in [0.1, 0.15) is 6.61 Å². The minimum atomic E-state index is -0.0930. The minimum Gasteiger partial charge on any atom is -0.384 e. The lowest BCUT2D eigenvalue weighted by Gasteiger charge is -2.28. The monoisotopic (exact) mass is 280 g/mol. The summed E-state index contributed by atoms with van der Waals surface area (Å²) in [5.74, 6) is 5.57. The van der Waals surface area contributed by atoms with E-state index in [4.69, 9.17) is 14.6 Å². The van der Waals surface area contributed by atoms with Gasteiger partial charge in [0.2, 0.25) is 0 Å². The van der Waals surface area contributed by atoms with Gasteiger partial charge in [-0.15, -0.1) is 11.3 Å². The van der Waals surface area contributed by atoms with Gasteiger partial charge >= 0.3 is 0 Å². The van der Waals surface area contributed by atoms with Gasteiger partial charge in [0, 0.05) is 12.0 Å². The Balaban J connectivity index is 1.80. The van der Waals surface area contributed by atoms with E-state index in [-0.39, 0.29) is 6.61 Å². The van der Waals surface area contributed by atoms with Crippen molar-refractivity contribution in [3.05, 3.63) is 21.9 Å². The molecule has 2 rings (SSSR count). The van der Waals surface area contributed by atoms with Crippen LogP contribution in [0.2, 0.25) is 0 Å². The average molecular weight is 280 g/mol. The van der Waals surface area contributed by atoms with Gasteiger partial charge in [-0.2, -0.15) is 0 Å². The molecule has 1 saturated carbocycles. The van der Waals surface area contributed by atoms with Crippen LogP contribution in [0.1, 0.15) is 35.4 Å². The molecule has 2 unspecified atom stereocenters. The fourth-order valence-corrected chi connectivity index (χ4v) is 3.12. The van der Waals surface area contributed by atoms with Crippen molar-refractivity contribution >= 4 is 11.3 Å². The summed E-state index contributed by atoms with van der Waals surface area (Å²) in [5.41, 5.74) is 0. The van der Waals surface area contributed by atoms with E-state index >= 15 is 0 Å². The third-order valence-corrected chi connectivity index (χ3v) is 4.30. The van der Waals surface area contributed by atoms with Crippen LogP contribution in [-0.2, 0) is 16.1 Å². The van der Waals surface area contributed by atoms with E-state index in [0.717, 1.165) is 24.1 Å². The molecule has 4 heteroatoms. The number of aliphatic hydroxyl groups excluding tert-OH is 1. The summed E-state index contributed by atoms with van der Waals surface area (Å²) >= 11 is 1.63. The van der Waals surface area contributed by atoms with Crippen molar-refractivity contribution in [2.24, 2.45) is 0 Å². The molecule has 1 aliphatic rings. The molecule has 0 aromatic carbocycles. The predicted molar refractivity (Wildman–Crippen MR) is 76.1 cm³/mol. The second kappa shape index (κ2) is 7.66. The third-order valence-electron chi connectivity index (χ3n) is 3.32. The summed E-state index contributed by atoms with van der Waals surface area (Å²) in [7, 11) is 1.78. The van der Waals surface area contributed by atoms with Crippen molar-refractivity contribution in [2.75, 3.05) is 13.7 Å². The fraction of sp³-hybridized carbons (Fsp3) is 0.600. The molecule has 104 valence electrons. The molecule has 1 N–H and O–H groups in total. The number of thiophene rings is 1. The molecule has 1 aliphatic carbocycles. The summed E-state index contributed by atoms with van der Waals surface area (Å²) in [6.45, 7) is 0.552. The SMILES string of the molecule is COC1CCCC(OCc2ccc(C#CCO)s2)C1. The Morgan fingerprint density at radius 2 is 2.21 bits per heavy atom. The van der Waals surface area contributed by atoms with Crippen LogP contribution in [0.5, 0.6) is 0 Å². The molecule has 1 aromatic rings. The zero-order valence-electron chi connectivity index (χ0n) is 11.2. The quantitative estimate of drug-likeness (QED) is 0.862. The number of aliphatic hydroxyl groups is 1. The molecule has 0 radical (unpaired) electrons. The van der Waals surface area contributed by atoms with Crippen molar-refractivity contribution in [1.29, 1.82) is 0 Å². The summed E-state index contributed by atoms with van der Waals surface area (Å²) in [5, 5.41) is 8.65. The van der Waals surface area contributed by atoms with Crippen LogP contribution in [0.4, 0.5) is 0 Å². The van der Waals surface area contributed by atoms with Crippen LogP contribution in [0.15, 0.2) is 12.1 Å². The Labute approximate surface area is 118 Å². The first-order valence-electron chi connectivity index (χ1n) is 6.64. The molecule has 1 aromatic heterocycles. The number of methoxy groups -OCH3 is 1. The van der Waals surface area contributed by atoms with Crippen LogP contribution in [0.25, 0.3) is 0 Å². The maximum absolute atomic E-state index is 8.65. The standard InChI is InChI=1S/C15H20O3S/c1-17-12-4-2-5-13(10-12)18-11-15-8-7-14(19-15)6-3-9-16/h7-8,12-13,16H,2,4-5,9-11H2,1H3. The first-order chi connectivity index (χ1) is 9.31. The largest absolute Gasteiger partial charge is 0.384 e.